The van der Waals surface area contributed by atoms with Gasteiger partial charge in [-0.25, -0.2) is 8.78 Å². The number of carbonyl (C=O) groups excluding carboxylic acids is 1. The molecule has 1 unspecified atom stereocenters. The van der Waals surface area contributed by atoms with Crippen molar-refractivity contribution in [3.8, 4) is 0 Å². The van der Waals surface area contributed by atoms with E-state index >= 15 is 0 Å². The zero-order chi connectivity index (χ0) is 26.5. The zero-order valence-corrected chi connectivity index (χ0v) is 21.7. The lowest BCUT2D eigenvalue weighted by atomic mass is 9.86. The van der Waals surface area contributed by atoms with Crippen molar-refractivity contribution in [1.29, 1.82) is 0 Å². The summed E-state index contributed by atoms with van der Waals surface area (Å²) in [6, 6.07) is 10.1. The molecule has 2 aromatic carbocycles. The number of nitrogens with one attached hydrogen (secondary N) is 2. The molecule has 0 heterocycles. The van der Waals surface area contributed by atoms with E-state index in [2.05, 4.69) is 42.3 Å². The van der Waals surface area contributed by atoms with Crippen LogP contribution in [0, 0.1) is 18.6 Å². The van der Waals surface area contributed by atoms with Gasteiger partial charge in [0.1, 0.15) is 11.6 Å². The SMILES string of the molecule is C=CCOCCC(=O)N[C@@H](C)C(O)CN[C@H]1CCCc2ccc(CC)cc21.Cc1cc(F)cc(F)c1. The summed E-state index contributed by atoms with van der Waals surface area (Å²) in [6.45, 7) is 10.5. The second-order valence-corrected chi connectivity index (χ2v) is 9.22. The van der Waals surface area contributed by atoms with E-state index in [1.54, 1.807) is 13.0 Å². The molecule has 0 aromatic heterocycles. The van der Waals surface area contributed by atoms with E-state index in [1.807, 2.05) is 6.92 Å². The van der Waals surface area contributed by atoms with Crippen LogP contribution >= 0.6 is 0 Å². The molecular formula is C29H40F2N2O3. The fourth-order valence-corrected chi connectivity index (χ4v) is 4.17. The molecule has 3 atom stereocenters. The van der Waals surface area contributed by atoms with E-state index in [1.165, 1.54) is 28.8 Å². The summed E-state index contributed by atoms with van der Waals surface area (Å²) in [4.78, 5) is 11.9. The highest BCUT2D eigenvalue weighted by molar-refractivity contribution is 5.76. The number of rotatable bonds is 11. The first-order chi connectivity index (χ1) is 17.2. The van der Waals surface area contributed by atoms with E-state index in [0.717, 1.165) is 31.7 Å². The highest BCUT2D eigenvalue weighted by Crippen LogP contribution is 2.30. The van der Waals surface area contributed by atoms with Crippen molar-refractivity contribution in [2.24, 2.45) is 0 Å². The largest absolute Gasteiger partial charge is 0.390 e. The number of carbonyl (C=O) groups is 1. The fourth-order valence-electron chi connectivity index (χ4n) is 4.17. The van der Waals surface area contributed by atoms with Gasteiger partial charge in [-0.3, -0.25) is 4.79 Å². The van der Waals surface area contributed by atoms with Crippen molar-refractivity contribution >= 4 is 5.91 Å². The summed E-state index contributed by atoms with van der Waals surface area (Å²) in [7, 11) is 0. The number of amides is 1. The highest BCUT2D eigenvalue weighted by Gasteiger charge is 2.23. The standard InChI is InChI=1S/C22H34N2O3.C7H6F2/c1-4-12-27-13-11-22(26)24-16(3)21(25)15-23-20-8-6-7-18-10-9-17(5-2)14-19(18)20;1-5-2-6(8)4-7(9)3-5/h4,9-10,14,16,20-21,23,25H,1,5-8,11-13,15H2,2-3H3,(H,24,26);2-4H,1H3/t16-,20-,21?;/m0./s1. The van der Waals surface area contributed by atoms with Crippen molar-refractivity contribution in [2.45, 2.75) is 71.1 Å². The van der Waals surface area contributed by atoms with Gasteiger partial charge < -0.3 is 20.5 Å². The van der Waals surface area contributed by atoms with E-state index in [4.69, 9.17) is 4.74 Å². The molecule has 3 N–H and O–H groups in total. The second kappa shape index (κ2) is 15.5. The molecule has 3 rings (SSSR count). The summed E-state index contributed by atoms with van der Waals surface area (Å²) >= 11 is 0. The van der Waals surface area contributed by atoms with Gasteiger partial charge in [0, 0.05) is 25.1 Å². The number of benzene rings is 2. The topological polar surface area (TPSA) is 70.6 Å². The molecule has 36 heavy (non-hydrogen) atoms. The van der Waals surface area contributed by atoms with Gasteiger partial charge in [0.15, 0.2) is 0 Å². The third-order valence-corrected chi connectivity index (χ3v) is 6.19. The summed E-state index contributed by atoms with van der Waals surface area (Å²) in [5.74, 6) is -1.15. The Balaban J connectivity index is 0.000000425. The van der Waals surface area contributed by atoms with Gasteiger partial charge in [0.2, 0.25) is 5.91 Å². The Labute approximate surface area is 214 Å². The molecule has 1 aliphatic rings. The quantitative estimate of drug-likeness (QED) is 0.301. The molecule has 0 bridgehead atoms. The summed E-state index contributed by atoms with van der Waals surface area (Å²) in [6.07, 6.45) is 5.69. The van der Waals surface area contributed by atoms with E-state index < -0.39 is 17.7 Å². The minimum absolute atomic E-state index is 0.110. The lowest BCUT2D eigenvalue weighted by molar-refractivity contribution is -0.123. The van der Waals surface area contributed by atoms with Gasteiger partial charge in [0.25, 0.3) is 0 Å². The molecule has 0 fully saturated rings. The first kappa shape index (κ1) is 29.6. The van der Waals surface area contributed by atoms with Crippen LogP contribution in [0.3, 0.4) is 0 Å². The molecule has 7 heteroatoms. The maximum atomic E-state index is 12.2. The molecule has 1 aliphatic carbocycles. The van der Waals surface area contributed by atoms with Gasteiger partial charge in [-0.1, -0.05) is 31.2 Å². The van der Waals surface area contributed by atoms with Crippen molar-refractivity contribution in [3.05, 3.63) is 82.9 Å². The van der Waals surface area contributed by atoms with Crippen molar-refractivity contribution in [2.75, 3.05) is 19.8 Å². The highest BCUT2D eigenvalue weighted by atomic mass is 19.1. The average molecular weight is 503 g/mol. The number of hydrogen-bond acceptors (Lipinski definition) is 4. The Morgan fingerprint density at radius 2 is 1.97 bits per heavy atom. The Morgan fingerprint density at radius 3 is 2.61 bits per heavy atom. The van der Waals surface area contributed by atoms with Crippen LogP contribution < -0.4 is 10.6 Å². The lowest BCUT2D eigenvalue weighted by Gasteiger charge is -2.29. The number of aryl methyl sites for hydroxylation is 3. The number of aliphatic hydroxyl groups excluding tert-OH is 1. The first-order valence-electron chi connectivity index (χ1n) is 12.7. The monoisotopic (exact) mass is 502 g/mol. The molecular weight excluding hydrogens is 462 g/mol. The molecule has 198 valence electrons. The molecule has 0 saturated carbocycles. The van der Waals surface area contributed by atoms with Crippen LogP contribution in [0.15, 0.2) is 49.1 Å². The van der Waals surface area contributed by atoms with Crippen LogP contribution in [0.4, 0.5) is 8.78 Å². The van der Waals surface area contributed by atoms with Gasteiger partial charge in [-0.2, -0.15) is 0 Å². The van der Waals surface area contributed by atoms with E-state index in [-0.39, 0.29) is 24.4 Å². The molecule has 5 nitrogen and oxygen atoms in total. The van der Waals surface area contributed by atoms with Crippen molar-refractivity contribution in [1.82, 2.24) is 10.6 Å². The van der Waals surface area contributed by atoms with Crippen LogP contribution in [0.25, 0.3) is 0 Å². The Bertz CT molecular complexity index is 933. The predicted molar refractivity (Wildman–Crippen MR) is 140 cm³/mol. The average Bonchev–Trinajstić information content (AvgIpc) is 2.84. The van der Waals surface area contributed by atoms with Crippen molar-refractivity contribution in [3.63, 3.8) is 0 Å². The van der Waals surface area contributed by atoms with Crippen LogP contribution in [-0.4, -0.2) is 42.9 Å². The van der Waals surface area contributed by atoms with Gasteiger partial charge in [-0.15, -0.1) is 6.58 Å². The molecule has 0 aliphatic heterocycles. The Morgan fingerprint density at radius 1 is 1.25 bits per heavy atom. The molecule has 0 radical (unpaired) electrons. The second-order valence-electron chi connectivity index (χ2n) is 9.22. The number of halogens is 2. The fraction of sp³-hybridized carbons (Fsp3) is 0.483. The lowest BCUT2D eigenvalue weighted by Crippen LogP contribution is -2.46. The number of ether oxygens (including phenoxy) is 1. The normalized spacial score (nSPS) is 16.2. The van der Waals surface area contributed by atoms with Crippen LogP contribution in [0.1, 0.15) is 61.4 Å². The third-order valence-electron chi connectivity index (χ3n) is 6.19. The first-order valence-corrected chi connectivity index (χ1v) is 12.7. The van der Waals surface area contributed by atoms with Gasteiger partial charge >= 0.3 is 0 Å². The summed E-state index contributed by atoms with van der Waals surface area (Å²) in [5, 5.41) is 16.8. The summed E-state index contributed by atoms with van der Waals surface area (Å²) < 4.78 is 29.6. The maximum Gasteiger partial charge on any atom is 0.222 e. The van der Waals surface area contributed by atoms with Gasteiger partial charge in [-0.05, 0) is 73.9 Å². The smallest absolute Gasteiger partial charge is 0.222 e. The van der Waals surface area contributed by atoms with E-state index in [9.17, 15) is 18.7 Å². The number of hydrogen-bond donors (Lipinski definition) is 3. The minimum atomic E-state index is -0.636. The number of aliphatic hydroxyl groups is 1. The summed E-state index contributed by atoms with van der Waals surface area (Å²) in [5.41, 5.74) is 4.73. The van der Waals surface area contributed by atoms with Crippen LogP contribution in [0.2, 0.25) is 0 Å². The maximum absolute atomic E-state index is 12.2. The molecule has 2 aromatic rings. The zero-order valence-electron chi connectivity index (χ0n) is 21.7. The molecule has 1 amide bonds. The van der Waals surface area contributed by atoms with Gasteiger partial charge in [0.05, 0.1) is 25.4 Å². The Kier molecular flexibility index (Phi) is 12.7. The minimum Gasteiger partial charge on any atom is -0.390 e. The van der Waals surface area contributed by atoms with Crippen molar-refractivity contribution < 1.29 is 23.4 Å². The predicted octanol–water partition coefficient (Wildman–Crippen LogP) is 4.95. The van der Waals surface area contributed by atoms with Crippen LogP contribution in [-0.2, 0) is 22.4 Å². The van der Waals surface area contributed by atoms with Crippen LogP contribution in [0.5, 0.6) is 0 Å². The number of fused-ring (bicyclic) bond motifs is 1. The van der Waals surface area contributed by atoms with E-state index in [0.29, 0.717) is 25.3 Å². The third kappa shape index (κ3) is 10.2. The molecule has 0 saturated heterocycles. The Hall–Kier alpha value is -2.61. The molecule has 0 spiro atoms.